The van der Waals surface area contributed by atoms with E-state index in [1.165, 1.54) is 0 Å². The molecule has 0 heterocycles. The van der Waals surface area contributed by atoms with Gasteiger partial charge in [-0.15, -0.1) is 0 Å². The van der Waals surface area contributed by atoms with Crippen LogP contribution in [0.25, 0.3) is 11.6 Å². The van der Waals surface area contributed by atoms with Crippen LogP contribution in [0.1, 0.15) is 40.8 Å². The van der Waals surface area contributed by atoms with E-state index in [4.69, 9.17) is 4.74 Å². The van der Waals surface area contributed by atoms with E-state index in [1.807, 2.05) is 54.6 Å². The third-order valence-corrected chi connectivity index (χ3v) is 5.67. The molecule has 0 unspecified atom stereocenters. The molecule has 0 saturated heterocycles. The van der Waals surface area contributed by atoms with E-state index >= 15 is 0 Å². The molecular weight excluding hydrogens is 418 g/mol. The molecule has 0 atom stereocenters. The molecule has 4 rings (SSSR count). The normalized spacial score (nSPS) is 14.3. The summed E-state index contributed by atoms with van der Waals surface area (Å²) in [7, 11) is 0. The standard InChI is InChI=1S/C31H27NO2/c1-5-11-23(6-2)32-24-18-16-22(17-19-24)20-29-25-12-7-9-14-27(25)30(34-31(33)21(3)4)28-15-10-8-13-26(28)29/h5-20,30,32H,1-3H2,4H3/b23-11+,29-20?. The van der Waals surface area contributed by atoms with Gasteiger partial charge in [0.25, 0.3) is 0 Å². The summed E-state index contributed by atoms with van der Waals surface area (Å²) in [6.45, 7) is 13.0. The van der Waals surface area contributed by atoms with Gasteiger partial charge in [-0.2, -0.15) is 0 Å². The molecule has 3 aromatic rings. The summed E-state index contributed by atoms with van der Waals surface area (Å²) in [6.07, 6.45) is 7.04. The maximum atomic E-state index is 12.4. The molecule has 1 aliphatic carbocycles. The first-order valence-electron chi connectivity index (χ1n) is 11.1. The summed E-state index contributed by atoms with van der Waals surface area (Å²) in [4.78, 5) is 12.4. The lowest BCUT2D eigenvalue weighted by molar-refractivity contribution is -0.142. The fourth-order valence-corrected chi connectivity index (χ4v) is 4.03. The maximum Gasteiger partial charge on any atom is 0.334 e. The van der Waals surface area contributed by atoms with Crippen molar-refractivity contribution in [2.75, 3.05) is 5.32 Å². The number of carbonyl (C=O) groups is 1. The zero-order valence-electron chi connectivity index (χ0n) is 19.3. The van der Waals surface area contributed by atoms with Gasteiger partial charge in [0, 0.05) is 28.1 Å². The maximum absolute atomic E-state index is 12.4. The molecule has 3 aromatic carbocycles. The van der Waals surface area contributed by atoms with E-state index in [0.29, 0.717) is 5.57 Å². The quantitative estimate of drug-likeness (QED) is 0.233. The predicted molar refractivity (Wildman–Crippen MR) is 141 cm³/mol. The first-order chi connectivity index (χ1) is 16.5. The van der Waals surface area contributed by atoms with Crippen LogP contribution in [-0.2, 0) is 9.53 Å². The Hall–Kier alpha value is -4.37. The molecule has 0 spiro atoms. The van der Waals surface area contributed by atoms with E-state index in [-0.39, 0.29) is 0 Å². The van der Waals surface area contributed by atoms with Crippen molar-refractivity contribution in [3.63, 3.8) is 0 Å². The Morgan fingerprint density at radius 2 is 1.50 bits per heavy atom. The Morgan fingerprint density at radius 3 is 2.03 bits per heavy atom. The Labute approximate surface area is 201 Å². The molecule has 0 fully saturated rings. The van der Waals surface area contributed by atoms with E-state index in [2.05, 4.69) is 55.4 Å². The zero-order chi connectivity index (χ0) is 24.1. The van der Waals surface area contributed by atoms with Gasteiger partial charge in [-0.3, -0.25) is 0 Å². The summed E-state index contributed by atoms with van der Waals surface area (Å²) >= 11 is 0. The van der Waals surface area contributed by atoms with Gasteiger partial charge < -0.3 is 10.1 Å². The molecule has 0 radical (unpaired) electrons. The number of ether oxygens (including phenoxy) is 1. The molecule has 0 aromatic heterocycles. The van der Waals surface area contributed by atoms with Crippen molar-refractivity contribution in [2.45, 2.75) is 13.0 Å². The molecule has 0 aliphatic heterocycles. The second-order valence-electron chi connectivity index (χ2n) is 8.11. The number of carbonyl (C=O) groups excluding carboxylic acids is 1. The summed E-state index contributed by atoms with van der Waals surface area (Å²) in [5.41, 5.74) is 8.40. The third kappa shape index (κ3) is 4.69. The van der Waals surface area contributed by atoms with Crippen molar-refractivity contribution in [1.82, 2.24) is 0 Å². The minimum atomic E-state index is -0.478. The molecule has 3 heteroatoms. The van der Waals surface area contributed by atoms with Gasteiger partial charge in [0.05, 0.1) is 0 Å². The topological polar surface area (TPSA) is 38.3 Å². The van der Waals surface area contributed by atoms with Crippen LogP contribution < -0.4 is 5.32 Å². The van der Waals surface area contributed by atoms with Crippen molar-refractivity contribution in [1.29, 1.82) is 0 Å². The Balaban J connectivity index is 1.75. The van der Waals surface area contributed by atoms with Gasteiger partial charge >= 0.3 is 5.97 Å². The number of hydrogen-bond acceptors (Lipinski definition) is 3. The Bertz CT molecular complexity index is 1280. The number of benzene rings is 3. The van der Waals surface area contributed by atoms with Gasteiger partial charge in [-0.1, -0.05) is 86.5 Å². The second kappa shape index (κ2) is 10.1. The lowest BCUT2D eigenvalue weighted by Crippen LogP contribution is -2.19. The lowest BCUT2D eigenvalue weighted by Gasteiger charge is -2.30. The molecule has 0 saturated carbocycles. The van der Waals surface area contributed by atoms with Crippen LogP contribution in [0.2, 0.25) is 0 Å². The van der Waals surface area contributed by atoms with Crippen LogP contribution in [0.3, 0.4) is 0 Å². The van der Waals surface area contributed by atoms with Crippen molar-refractivity contribution in [3.05, 3.63) is 150 Å². The average molecular weight is 446 g/mol. The van der Waals surface area contributed by atoms with E-state index in [0.717, 1.165) is 44.8 Å². The average Bonchev–Trinajstić information content (AvgIpc) is 2.86. The number of rotatable bonds is 7. The molecule has 0 amide bonds. The van der Waals surface area contributed by atoms with Crippen LogP contribution in [0.15, 0.2) is 122 Å². The lowest BCUT2D eigenvalue weighted by atomic mass is 9.79. The van der Waals surface area contributed by atoms with Crippen LogP contribution in [0.5, 0.6) is 0 Å². The van der Waals surface area contributed by atoms with Crippen LogP contribution in [-0.4, -0.2) is 5.97 Å². The minimum Gasteiger partial charge on any atom is -0.449 e. The van der Waals surface area contributed by atoms with Gasteiger partial charge in [-0.05, 0) is 59.5 Å². The molecule has 1 aliphatic rings. The number of anilines is 1. The van der Waals surface area contributed by atoms with Gasteiger partial charge in [0.1, 0.15) is 0 Å². The number of allylic oxidation sites excluding steroid dienone is 3. The highest BCUT2D eigenvalue weighted by Crippen LogP contribution is 2.44. The second-order valence-corrected chi connectivity index (χ2v) is 8.11. The van der Waals surface area contributed by atoms with E-state index in [9.17, 15) is 4.79 Å². The first-order valence-corrected chi connectivity index (χ1v) is 11.1. The van der Waals surface area contributed by atoms with Crippen molar-refractivity contribution in [2.24, 2.45) is 0 Å². The highest BCUT2D eigenvalue weighted by molar-refractivity contribution is 5.96. The predicted octanol–water partition coefficient (Wildman–Crippen LogP) is 7.47. The molecule has 3 nitrogen and oxygen atoms in total. The highest BCUT2D eigenvalue weighted by Gasteiger charge is 2.31. The molecule has 1 N–H and O–H groups in total. The monoisotopic (exact) mass is 445 g/mol. The largest absolute Gasteiger partial charge is 0.449 e. The van der Waals surface area contributed by atoms with Gasteiger partial charge in [0.15, 0.2) is 6.10 Å². The van der Waals surface area contributed by atoms with Crippen molar-refractivity contribution < 1.29 is 9.53 Å². The summed E-state index contributed by atoms with van der Waals surface area (Å²) in [6, 6.07) is 24.4. The van der Waals surface area contributed by atoms with Crippen molar-refractivity contribution in [3.8, 4) is 0 Å². The van der Waals surface area contributed by atoms with E-state index < -0.39 is 12.1 Å². The smallest absolute Gasteiger partial charge is 0.334 e. The molecule has 34 heavy (non-hydrogen) atoms. The van der Waals surface area contributed by atoms with Crippen LogP contribution >= 0.6 is 0 Å². The highest BCUT2D eigenvalue weighted by atomic mass is 16.5. The van der Waals surface area contributed by atoms with Crippen LogP contribution in [0, 0.1) is 0 Å². The van der Waals surface area contributed by atoms with Crippen LogP contribution in [0.4, 0.5) is 5.69 Å². The fourth-order valence-electron chi connectivity index (χ4n) is 4.03. The van der Waals surface area contributed by atoms with E-state index in [1.54, 1.807) is 19.1 Å². The summed E-state index contributed by atoms with van der Waals surface area (Å²) in [5, 5.41) is 3.32. The number of esters is 1. The minimum absolute atomic E-state index is 0.382. The molecular formula is C31H27NO2. The number of hydrogen-bond donors (Lipinski definition) is 1. The third-order valence-electron chi connectivity index (χ3n) is 5.67. The summed E-state index contributed by atoms with van der Waals surface area (Å²) < 4.78 is 5.89. The fraction of sp³-hybridized carbons (Fsp3) is 0.0645. The number of fused-ring (bicyclic) bond motifs is 2. The van der Waals surface area contributed by atoms with Gasteiger partial charge in [-0.25, -0.2) is 4.79 Å². The SMILES string of the molecule is C=C/C=C(\C=C)Nc1ccc(C=C2c3ccccc3C(OC(=O)C(=C)C)c3ccccc32)cc1. The summed E-state index contributed by atoms with van der Waals surface area (Å²) in [5.74, 6) is -0.394. The zero-order valence-corrected chi connectivity index (χ0v) is 19.3. The number of nitrogens with one attached hydrogen (secondary N) is 1. The van der Waals surface area contributed by atoms with Crippen molar-refractivity contribution >= 4 is 23.3 Å². The molecule has 0 bridgehead atoms. The van der Waals surface area contributed by atoms with Gasteiger partial charge in [0.2, 0.25) is 0 Å². The molecule has 168 valence electrons. The Morgan fingerprint density at radius 1 is 0.912 bits per heavy atom. The first kappa shape index (κ1) is 22.8. The Kier molecular flexibility index (Phi) is 6.74.